The van der Waals surface area contributed by atoms with Gasteiger partial charge in [-0.3, -0.25) is 4.79 Å². The van der Waals surface area contributed by atoms with Crippen LogP contribution in [-0.2, 0) is 28.5 Å². The minimum atomic E-state index is -4.57. The first kappa shape index (κ1) is 29.1. The Morgan fingerprint density at radius 2 is 1.79 bits per heavy atom. The molecule has 1 aliphatic rings. The molecule has 0 spiro atoms. The predicted molar refractivity (Wildman–Crippen MR) is 149 cm³/mol. The number of halogens is 3. The lowest BCUT2D eigenvalue weighted by atomic mass is 9.90. The lowest BCUT2D eigenvalue weighted by Gasteiger charge is -2.17. The van der Waals surface area contributed by atoms with Crippen LogP contribution in [0.4, 0.5) is 19.1 Å². The number of ether oxygens (including phenoxy) is 2. The topological polar surface area (TPSA) is 90.6 Å². The highest BCUT2D eigenvalue weighted by Crippen LogP contribution is 2.33. The van der Waals surface area contributed by atoms with E-state index in [4.69, 9.17) is 13.9 Å². The van der Waals surface area contributed by atoms with Crippen LogP contribution in [0.2, 0.25) is 0 Å². The number of oxazole rings is 1. The Labute approximate surface area is 241 Å². The lowest BCUT2D eigenvalue weighted by Crippen LogP contribution is -2.26. The zero-order valence-electron chi connectivity index (χ0n) is 23.3. The molecule has 42 heavy (non-hydrogen) atoms. The Kier molecular flexibility index (Phi) is 8.75. The first-order valence-electron chi connectivity index (χ1n) is 13.7. The Morgan fingerprint density at radius 1 is 1.02 bits per heavy atom. The number of aryl methyl sites for hydroxylation is 2. The van der Waals surface area contributed by atoms with Gasteiger partial charge in [0.15, 0.2) is 0 Å². The van der Waals surface area contributed by atoms with Gasteiger partial charge in [-0.25, -0.2) is 15.0 Å². The molecule has 0 saturated carbocycles. The molecule has 2 aromatic heterocycles. The number of aromatic nitrogens is 3. The van der Waals surface area contributed by atoms with Crippen molar-refractivity contribution in [3.8, 4) is 17.2 Å². The predicted octanol–water partition coefficient (Wildman–Crippen LogP) is 5.94. The van der Waals surface area contributed by atoms with Crippen LogP contribution in [0.15, 0.2) is 71.3 Å². The van der Waals surface area contributed by atoms with Crippen molar-refractivity contribution in [3.05, 3.63) is 89.6 Å². The number of alkyl halides is 3. The largest absolute Gasteiger partial charge is 0.493 e. The molecule has 0 amide bonds. The van der Waals surface area contributed by atoms with Crippen LogP contribution in [-0.4, -0.2) is 47.7 Å². The molecule has 2 atom stereocenters. The molecule has 0 radical (unpaired) electrons. The number of hydrogen-bond acceptors (Lipinski definition) is 8. The van der Waals surface area contributed by atoms with Gasteiger partial charge in [0.05, 0.1) is 25.3 Å². The van der Waals surface area contributed by atoms with Gasteiger partial charge in [-0.05, 0) is 61.6 Å². The minimum Gasteiger partial charge on any atom is -0.493 e. The summed E-state index contributed by atoms with van der Waals surface area (Å²) in [5, 5.41) is 0. The van der Waals surface area contributed by atoms with Crippen LogP contribution in [0.1, 0.15) is 29.1 Å². The summed E-state index contributed by atoms with van der Waals surface area (Å²) in [6.45, 7) is 2.89. The summed E-state index contributed by atoms with van der Waals surface area (Å²) in [6, 6.07) is 18.3. The molecule has 220 valence electrons. The summed E-state index contributed by atoms with van der Waals surface area (Å²) in [6.07, 6.45) is -1.56. The molecule has 0 aliphatic carbocycles. The highest BCUT2D eigenvalue weighted by Gasteiger charge is 2.40. The zero-order chi connectivity index (χ0) is 29.7. The van der Waals surface area contributed by atoms with Crippen molar-refractivity contribution in [1.29, 1.82) is 0 Å². The monoisotopic (exact) mass is 580 g/mol. The van der Waals surface area contributed by atoms with E-state index in [1.807, 2.05) is 61.5 Å². The number of carbonyl (C=O) groups excluding carboxylic acids is 1. The molecule has 5 rings (SSSR count). The first-order valence-corrected chi connectivity index (χ1v) is 13.7. The third-order valence-electron chi connectivity index (χ3n) is 7.41. The van der Waals surface area contributed by atoms with Crippen LogP contribution >= 0.6 is 0 Å². The normalized spacial score (nSPS) is 16.9. The van der Waals surface area contributed by atoms with E-state index >= 15 is 0 Å². The van der Waals surface area contributed by atoms with Crippen LogP contribution in [0.5, 0.6) is 5.75 Å². The second-order valence-electron chi connectivity index (χ2n) is 10.2. The third kappa shape index (κ3) is 6.89. The van der Waals surface area contributed by atoms with Gasteiger partial charge in [0.2, 0.25) is 11.8 Å². The molecule has 3 heterocycles. The zero-order valence-corrected chi connectivity index (χ0v) is 23.3. The van der Waals surface area contributed by atoms with E-state index in [2.05, 4.69) is 15.0 Å². The highest BCUT2D eigenvalue weighted by molar-refractivity contribution is 5.74. The van der Waals surface area contributed by atoms with Crippen molar-refractivity contribution in [2.75, 3.05) is 31.7 Å². The number of hydrogen-bond donors (Lipinski definition) is 0. The Bertz CT molecular complexity index is 1490. The van der Waals surface area contributed by atoms with Crippen molar-refractivity contribution in [3.63, 3.8) is 0 Å². The number of methoxy groups -OCH3 is 1. The fourth-order valence-corrected chi connectivity index (χ4v) is 5.14. The molecule has 1 saturated heterocycles. The van der Waals surface area contributed by atoms with E-state index in [0.29, 0.717) is 38.3 Å². The van der Waals surface area contributed by atoms with Gasteiger partial charge >= 0.3 is 12.1 Å². The van der Waals surface area contributed by atoms with Crippen molar-refractivity contribution >= 4 is 11.9 Å². The second-order valence-corrected chi connectivity index (χ2v) is 10.2. The molecule has 2 aromatic carbocycles. The number of nitrogens with zero attached hydrogens (tertiary/aromatic N) is 4. The third-order valence-corrected chi connectivity index (χ3v) is 7.41. The van der Waals surface area contributed by atoms with E-state index in [-0.39, 0.29) is 18.4 Å². The summed E-state index contributed by atoms with van der Waals surface area (Å²) in [5.41, 5.74) is 1.82. The summed E-state index contributed by atoms with van der Waals surface area (Å²) in [5.74, 6) is 1.04. The molecule has 1 fully saturated rings. The van der Waals surface area contributed by atoms with Gasteiger partial charge in [-0.1, -0.05) is 30.3 Å². The van der Waals surface area contributed by atoms with E-state index in [1.165, 1.54) is 7.11 Å². The average molecular weight is 581 g/mol. The summed E-state index contributed by atoms with van der Waals surface area (Å²) < 4.78 is 56.2. The fourth-order valence-electron chi connectivity index (χ4n) is 5.14. The number of rotatable bonds is 10. The van der Waals surface area contributed by atoms with Gasteiger partial charge in [-0.15, -0.1) is 0 Å². The van der Waals surface area contributed by atoms with E-state index in [9.17, 15) is 18.0 Å². The fraction of sp³-hybridized carbons (Fsp3) is 0.355. The Morgan fingerprint density at radius 3 is 2.50 bits per heavy atom. The second kappa shape index (κ2) is 12.6. The maximum absolute atomic E-state index is 13.2. The lowest BCUT2D eigenvalue weighted by molar-refractivity contribution is -0.146. The molecule has 0 bridgehead atoms. The Balaban J connectivity index is 1.15. The summed E-state index contributed by atoms with van der Waals surface area (Å²) >= 11 is 0. The molecule has 0 unspecified atom stereocenters. The quantitative estimate of drug-likeness (QED) is 0.213. The number of carbonyl (C=O) groups is 1. The number of esters is 1. The SMILES string of the molecule is COC(=O)[C@H]1CN(c2nccc(C(F)(F)F)n2)C[C@H]1CCc1ccc(OCCc2nc(-c3ccccc3)oc2C)cc1. The van der Waals surface area contributed by atoms with Gasteiger partial charge in [0, 0.05) is 31.3 Å². The first-order chi connectivity index (χ1) is 20.2. The maximum Gasteiger partial charge on any atom is 0.433 e. The molecular formula is C31H31F3N4O4. The van der Waals surface area contributed by atoms with E-state index in [1.54, 1.807) is 4.90 Å². The van der Waals surface area contributed by atoms with Gasteiger partial charge in [-0.2, -0.15) is 13.2 Å². The average Bonchev–Trinajstić information content (AvgIpc) is 3.60. The van der Waals surface area contributed by atoms with Crippen molar-refractivity contribution in [2.45, 2.75) is 32.4 Å². The molecule has 8 nitrogen and oxygen atoms in total. The number of anilines is 1. The molecular weight excluding hydrogens is 549 g/mol. The van der Waals surface area contributed by atoms with Crippen LogP contribution in [0.25, 0.3) is 11.5 Å². The molecule has 4 aromatic rings. The van der Waals surface area contributed by atoms with Crippen molar-refractivity contribution in [1.82, 2.24) is 15.0 Å². The molecule has 1 aliphatic heterocycles. The smallest absolute Gasteiger partial charge is 0.433 e. The highest BCUT2D eigenvalue weighted by atomic mass is 19.4. The van der Waals surface area contributed by atoms with Crippen LogP contribution in [0.3, 0.4) is 0 Å². The van der Waals surface area contributed by atoms with Crippen LogP contribution < -0.4 is 9.64 Å². The standard InChI is InChI=1S/C31H31F3N4O4/c1-20-26(36-28(42-20)22-6-4-3-5-7-22)15-17-41-24-12-9-21(10-13-24)8-11-23-18-38(19-25(23)29(39)40-2)30-35-16-14-27(37-30)31(32,33)34/h3-7,9-10,12-14,16,23,25H,8,11,15,17-19H2,1-2H3/t23-,25+/m1/s1. The molecule has 11 heteroatoms. The van der Waals surface area contributed by atoms with Crippen molar-refractivity contribution in [2.24, 2.45) is 11.8 Å². The summed E-state index contributed by atoms with van der Waals surface area (Å²) in [4.78, 5) is 26.4. The Hall–Kier alpha value is -4.41. The maximum atomic E-state index is 13.2. The molecule has 0 N–H and O–H groups in total. The number of benzene rings is 2. The van der Waals surface area contributed by atoms with Gasteiger partial charge in [0.25, 0.3) is 0 Å². The van der Waals surface area contributed by atoms with E-state index < -0.39 is 23.8 Å². The van der Waals surface area contributed by atoms with E-state index in [0.717, 1.165) is 40.6 Å². The van der Waals surface area contributed by atoms with Crippen LogP contribution in [0, 0.1) is 18.8 Å². The van der Waals surface area contributed by atoms with Gasteiger partial charge < -0.3 is 18.8 Å². The minimum absolute atomic E-state index is 0.0418. The summed E-state index contributed by atoms with van der Waals surface area (Å²) in [7, 11) is 1.31. The van der Waals surface area contributed by atoms with Crippen molar-refractivity contribution < 1.29 is 31.9 Å². The van der Waals surface area contributed by atoms with Gasteiger partial charge in [0.1, 0.15) is 17.2 Å².